The first-order valence-corrected chi connectivity index (χ1v) is 5.60. The maximum Gasteiger partial charge on any atom is 0.225 e. The Bertz CT molecular complexity index is 498. The first-order valence-electron chi connectivity index (χ1n) is 5.60. The first-order chi connectivity index (χ1) is 8.67. The summed E-state index contributed by atoms with van der Waals surface area (Å²) in [6.07, 6.45) is 3.66. The van der Waals surface area contributed by atoms with Gasteiger partial charge in [-0.3, -0.25) is 4.68 Å². The van der Waals surface area contributed by atoms with Gasteiger partial charge in [0.1, 0.15) is 5.82 Å². The predicted molar refractivity (Wildman–Crippen MR) is 68.3 cm³/mol. The zero-order valence-electron chi connectivity index (χ0n) is 10.4. The Morgan fingerprint density at radius 3 is 3.00 bits per heavy atom. The lowest BCUT2D eigenvalue weighted by molar-refractivity contribution is 0.398. The molecule has 0 radical (unpaired) electrons. The number of nitrogens with one attached hydrogen (secondary N) is 1. The highest BCUT2D eigenvalue weighted by Crippen LogP contribution is 2.15. The fourth-order valence-corrected chi connectivity index (χ4v) is 1.61. The molecule has 18 heavy (non-hydrogen) atoms. The van der Waals surface area contributed by atoms with Crippen molar-refractivity contribution in [1.29, 1.82) is 0 Å². The lowest BCUT2D eigenvalue weighted by atomic mass is 10.3. The van der Waals surface area contributed by atoms with Gasteiger partial charge in [0.05, 0.1) is 13.7 Å². The molecule has 0 saturated heterocycles. The quantitative estimate of drug-likeness (QED) is 0.812. The van der Waals surface area contributed by atoms with Crippen molar-refractivity contribution >= 4 is 11.8 Å². The molecule has 1 unspecified atom stereocenters. The summed E-state index contributed by atoms with van der Waals surface area (Å²) >= 11 is 0. The van der Waals surface area contributed by atoms with Crippen molar-refractivity contribution in [2.24, 2.45) is 0 Å². The Labute approximate surface area is 105 Å². The highest BCUT2D eigenvalue weighted by atomic mass is 16.5. The second-order valence-electron chi connectivity index (χ2n) is 3.93. The number of ether oxygens (including phenoxy) is 1. The lowest BCUT2D eigenvalue weighted by Crippen LogP contribution is -2.23. The molecule has 1 atom stereocenters. The summed E-state index contributed by atoms with van der Waals surface area (Å²) in [7, 11) is 1.54. The highest BCUT2D eigenvalue weighted by Gasteiger charge is 2.07. The maximum absolute atomic E-state index is 5.59. The van der Waals surface area contributed by atoms with Gasteiger partial charge in [-0.05, 0) is 13.0 Å². The van der Waals surface area contributed by atoms with Crippen LogP contribution in [-0.4, -0.2) is 32.9 Å². The van der Waals surface area contributed by atoms with Gasteiger partial charge in [0.2, 0.25) is 11.8 Å². The molecule has 7 nitrogen and oxygen atoms in total. The molecule has 0 aliphatic rings. The smallest absolute Gasteiger partial charge is 0.225 e. The predicted octanol–water partition coefficient (Wildman–Crippen LogP) is 0.764. The van der Waals surface area contributed by atoms with Crippen molar-refractivity contribution in [2.45, 2.75) is 19.5 Å². The number of hydrogen-bond donors (Lipinski definition) is 2. The lowest BCUT2D eigenvalue weighted by Gasteiger charge is -2.15. The van der Waals surface area contributed by atoms with Gasteiger partial charge in [-0.2, -0.15) is 15.1 Å². The normalized spacial score (nSPS) is 12.1. The fraction of sp³-hybridized carbons (Fsp3) is 0.364. The molecule has 0 aliphatic heterocycles. The first kappa shape index (κ1) is 12.2. The minimum atomic E-state index is 0.156. The van der Waals surface area contributed by atoms with Crippen LogP contribution in [0.2, 0.25) is 0 Å². The molecule has 2 rings (SSSR count). The van der Waals surface area contributed by atoms with E-state index >= 15 is 0 Å². The van der Waals surface area contributed by atoms with Gasteiger partial charge in [-0.25, -0.2) is 0 Å². The molecule has 0 saturated carbocycles. The van der Waals surface area contributed by atoms with Gasteiger partial charge < -0.3 is 15.8 Å². The third-order valence-corrected chi connectivity index (χ3v) is 2.34. The molecular formula is C11H16N6O. The van der Waals surface area contributed by atoms with Gasteiger partial charge in [0, 0.05) is 24.5 Å². The number of rotatable bonds is 5. The van der Waals surface area contributed by atoms with Crippen LogP contribution in [0.15, 0.2) is 24.5 Å². The molecule has 0 aliphatic carbocycles. The molecule has 2 aromatic heterocycles. The average Bonchev–Trinajstić information content (AvgIpc) is 2.80. The van der Waals surface area contributed by atoms with E-state index in [1.807, 2.05) is 23.9 Å². The summed E-state index contributed by atoms with van der Waals surface area (Å²) in [5.74, 6) is 1.26. The fourth-order valence-electron chi connectivity index (χ4n) is 1.61. The van der Waals surface area contributed by atoms with E-state index in [0.29, 0.717) is 11.7 Å². The minimum Gasteiger partial charge on any atom is -0.481 e. The number of methoxy groups -OCH3 is 1. The molecule has 0 fully saturated rings. The van der Waals surface area contributed by atoms with Crippen LogP contribution >= 0.6 is 0 Å². The SMILES string of the molecule is COc1cc(NC(C)Cn2cccn2)nc(N)n1. The summed E-state index contributed by atoms with van der Waals surface area (Å²) in [4.78, 5) is 8.02. The van der Waals surface area contributed by atoms with E-state index in [1.54, 1.807) is 19.4 Å². The van der Waals surface area contributed by atoms with E-state index in [2.05, 4.69) is 20.4 Å². The summed E-state index contributed by atoms with van der Waals surface area (Å²) in [5.41, 5.74) is 5.59. The molecule has 2 heterocycles. The number of aromatic nitrogens is 4. The van der Waals surface area contributed by atoms with E-state index in [0.717, 1.165) is 6.54 Å². The van der Waals surface area contributed by atoms with E-state index < -0.39 is 0 Å². The Kier molecular flexibility index (Phi) is 3.61. The molecule has 3 N–H and O–H groups in total. The molecule has 7 heteroatoms. The monoisotopic (exact) mass is 248 g/mol. The zero-order valence-corrected chi connectivity index (χ0v) is 10.4. The van der Waals surface area contributed by atoms with Crippen LogP contribution in [0.1, 0.15) is 6.92 Å². The van der Waals surface area contributed by atoms with Gasteiger partial charge >= 0.3 is 0 Å². The molecular weight excluding hydrogens is 232 g/mol. The van der Waals surface area contributed by atoms with Crippen molar-refractivity contribution in [3.8, 4) is 5.88 Å². The third kappa shape index (κ3) is 3.09. The van der Waals surface area contributed by atoms with Crippen LogP contribution in [0.25, 0.3) is 0 Å². The van der Waals surface area contributed by atoms with Crippen LogP contribution in [-0.2, 0) is 6.54 Å². The topological polar surface area (TPSA) is 90.9 Å². The average molecular weight is 248 g/mol. The Morgan fingerprint density at radius 1 is 1.50 bits per heavy atom. The van der Waals surface area contributed by atoms with E-state index in [1.165, 1.54) is 0 Å². The number of nitrogens with two attached hydrogens (primary N) is 1. The third-order valence-electron chi connectivity index (χ3n) is 2.34. The zero-order chi connectivity index (χ0) is 13.0. The van der Waals surface area contributed by atoms with Gasteiger partial charge in [0.25, 0.3) is 0 Å². The molecule has 0 amide bonds. The van der Waals surface area contributed by atoms with Crippen LogP contribution in [0, 0.1) is 0 Å². The van der Waals surface area contributed by atoms with Crippen LogP contribution in [0.3, 0.4) is 0 Å². The molecule has 0 spiro atoms. The maximum atomic E-state index is 5.59. The van der Waals surface area contributed by atoms with Crippen LogP contribution < -0.4 is 15.8 Å². The number of nitrogens with zero attached hydrogens (tertiary/aromatic N) is 4. The molecule has 2 aromatic rings. The van der Waals surface area contributed by atoms with Crippen molar-refractivity contribution in [1.82, 2.24) is 19.7 Å². The van der Waals surface area contributed by atoms with Gasteiger partial charge in [-0.15, -0.1) is 0 Å². The van der Waals surface area contributed by atoms with E-state index in [4.69, 9.17) is 10.5 Å². The summed E-state index contributed by atoms with van der Waals surface area (Å²) in [6, 6.07) is 3.75. The van der Waals surface area contributed by atoms with E-state index in [-0.39, 0.29) is 12.0 Å². The Hall–Kier alpha value is -2.31. The number of hydrogen-bond acceptors (Lipinski definition) is 6. The molecule has 0 aromatic carbocycles. The minimum absolute atomic E-state index is 0.156. The molecule has 96 valence electrons. The number of nitrogen functional groups attached to an aromatic ring is 1. The van der Waals surface area contributed by atoms with Gasteiger partial charge in [-0.1, -0.05) is 0 Å². The second-order valence-corrected chi connectivity index (χ2v) is 3.93. The van der Waals surface area contributed by atoms with Crippen molar-refractivity contribution in [2.75, 3.05) is 18.2 Å². The molecule has 0 bridgehead atoms. The van der Waals surface area contributed by atoms with E-state index in [9.17, 15) is 0 Å². The standard InChI is InChI=1S/C11H16N6O/c1-8(7-17-5-3-4-13-17)14-9-6-10(18-2)16-11(12)15-9/h3-6,8H,7H2,1-2H3,(H3,12,14,15,16). The van der Waals surface area contributed by atoms with Gasteiger partial charge in [0.15, 0.2) is 0 Å². The summed E-state index contributed by atoms with van der Waals surface area (Å²) in [6.45, 7) is 2.77. The Morgan fingerprint density at radius 2 is 2.33 bits per heavy atom. The van der Waals surface area contributed by atoms with Crippen molar-refractivity contribution < 1.29 is 4.74 Å². The Balaban J connectivity index is 2.02. The largest absolute Gasteiger partial charge is 0.481 e. The number of anilines is 2. The summed E-state index contributed by atoms with van der Waals surface area (Å²) in [5, 5.41) is 7.37. The highest BCUT2D eigenvalue weighted by molar-refractivity contribution is 5.43. The summed E-state index contributed by atoms with van der Waals surface area (Å²) < 4.78 is 6.88. The van der Waals surface area contributed by atoms with Crippen LogP contribution in [0.5, 0.6) is 5.88 Å². The van der Waals surface area contributed by atoms with Crippen molar-refractivity contribution in [3.05, 3.63) is 24.5 Å². The van der Waals surface area contributed by atoms with Crippen molar-refractivity contribution in [3.63, 3.8) is 0 Å². The van der Waals surface area contributed by atoms with Crippen LogP contribution in [0.4, 0.5) is 11.8 Å². The second kappa shape index (κ2) is 5.35.